The smallest absolute Gasteiger partial charge is 0.270 e. The van der Waals surface area contributed by atoms with Crippen molar-refractivity contribution in [3.8, 4) is 12.1 Å². The Morgan fingerprint density at radius 3 is 2.34 bits per heavy atom. The Morgan fingerprint density at radius 2 is 1.70 bits per heavy atom. The number of ether oxygens (including phenoxy) is 1. The minimum absolute atomic E-state index is 0.0978. The highest BCUT2D eigenvalue weighted by Gasteiger charge is 2.26. The molecule has 1 aromatic carbocycles. The molecule has 6 rings (SSSR count). The van der Waals surface area contributed by atoms with Gasteiger partial charge in [0.1, 0.15) is 28.9 Å². The van der Waals surface area contributed by atoms with Crippen LogP contribution in [0.2, 0.25) is 0 Å². The Hall–Kier alpha value is -3.92. The number of benzene rings is 1. The lowest BCUT2D eigenvalue weighted by molar-refractivity contribution is 0.0384. The van der Waals surface area contributed by atoms with Crippen molar-refractivity contribution in [1.29, 1.82) is 10.5 Å². The zero-order chi connectivity index (χ0) is 30.9. The number of nitrogens with zero attached hydrogens (tertiary/aromatic N) is 6. The molecular formula is C35H45N7O2. The number of fused-ring (bicyclic) bond motifs is 1. The molecule has 232 valence electrons. The summed E-state index contributed by atoms with van der Waals surface area (Å²) in [6.07, 6.45) is 11.0. The van der Waals surface area contributed by atoms with Crippen molar-refractivity contribution in [3.63, 3.8) is 0 Å². The highest BCUT2D eigenvalue weighted by molar-refractivity contribution is 5.92. The first-order chi connectivity index (χ1) is 21.5. The number of rotatable bonds is 8. The molecule has 3 fully saturated rings. The van der Waals surface area contributed by atoms with Crippen molar-refractivity contribution < 1.29 is 4.74 Å². The van der Waals surface area contributed by atoms with Crippen LogP contribution in [0.25, 0.3) is 11.0 Å². The fourth-order valence-electron chi connectivity index (χ4n) is 6.41. The molecule has 1 N–H and O–H groups in total. The fourth-order valence-corrected chi connectivity index (χ4v) is 6.41. The van der Waals surface area contributed by atoms with Crippen molar-refractivity contribution >= 4 is 22.4 Å². The van der Waals surface area contributed by atoms with E-state index in [4.69, 9.17) is 10.00 Å². The predicted octanol–water partition coefficient (Wildman–Crippen LogP) is 5.22. The van der Waals surface area contributed by atoms with Crippen molar-refractivity contribution in [2.75, 3.05) is 56.7 Å². The average Bonchev–Trinajstić information content (AvgIpc) is 3.05. The van der Waals surface area contributed by atoms with Crippen LogP contribution in [0.1, 0.15) is 68.2 Å². The number of nitriles is 2. The SMILES string of the molecule is CN(c1c(C#N)c(=O)n(C)c2ccc(C#N)nc12)C1CCCCC1.c1cc(NCC2CCC2)ccc1CCN1CCOCC1. The number of hydrogen-bond acceptors (Lipinski definition) is 8. The molecule has 44 heavy (non-hydrogen) atoms. The van der Waals surface area contributed by atoms with E-state index in [0.717, 1.165) is 77.4 Å². The van der Waals surface area contributed by atoms with Gasteiger partial charge in [-0.3, -0.25) is 9.69 Å². The molecule has 2 aromatic heterocycles. The molecule has 3 aromatic rings. The normalized spacial score (nSPS) is 17.5. The molecule has 2 aliphatic carbocycles. The van der Waals surface area contributed by atoms with Crippen LogP contribution in [0.15, 0.2) is 41.2 Å². The Kier molecular flexibility index (Phi) is 10.9. The van der Waals surface area contributed by atoms with Gasteiger partial charge in [-0.25, -0.2) is 4.98 Å². The molecule has 0 amide bonds. The van der Waals surface area contributed by atoms with Crippen LogP contribution >= 0.6 is 0 Å². The maximum absolute atomic E-state index is 12.6. The molecule has 0 atom stereocenters. The number of aromatic nitrogens is 2. The van der Waals surface area contributed by atoms with Crippen molar-refractivity contribution in [3.05, 3.63) is 63.6 Å². The van der Waals surface area contributed by atoms with Gasteiger partial charge < -0.3 is 19.5 Å². The quantitative estimate of drug-likeness (QED) is 0.378. The van der Waals surface area contributed by atoms with Crippen LogP contribution in [-0.2, 0) is 18.2 Å². The fraction of sp³-hybridized carbons (Fsp3) is 0.543. The third-order valence-electron chi connectivity index (χ3n) is 9.51. The maximum Gasteiger partial charge on any atom is 0.270 e. The Labute approximate surface area is 261 Å². The number of nitrogens with one attached hydrogen (secondary N) is 1. The number of hydrogen-bond donors (Lipinski definition) is 1. The standard InChI is InChI=1S/C18H19N5O.C17H26N2O/c1-22(13-6-4-3-5-7-13)17-14(11-20)18(24)23(2)15-9-8-12(10-19)21-16(15)17;1-2-16(3-1)14-18-17-6-4-15(5-7-17)8-9-19-10-12-20-13-11-19/h8-9,13H,3-7H2,1-2H3;4-7,16,18H,1-3,8-14H2. The first-order valence-corrected chi connectivity index (χ1v) is 16.2. The van der Waals surface area contributed by atoms with E-state index >= 15 is 0 Å². The summed E-state index contributed by atoms with van der Waals surface area (Å²) in [4.78, 5) is 21.5. The molecule has 1 aliphatic heterocycles. The first kappa shape index (κ1) is 31.5. The molecule has 1 saturated heterocycles. The maximum atomic E-state index is 12.6. The lowest BCUT2D eigenvalue weighted by Crippen LogP contribution is -2.37. The van der Waals surface area contributed by atoms with Gasteiger partial charge in [0.15, 0.2) is 0 Å². The number of aryl methyl sites for hydroxylation is 1. The number of anilines is 2. The summed E-state index contributed by atoms with van der Waals surface area (Å²) in [5.74, 6) is 0.913. The number of morpholine rings is 1. The van der Waals surface area contributed by atoms with Crippen LogP contribution in [0.5, 0.6) is 0 Å². The van der Waals surface area contributed by atoms with Crippen molar-refractivity contribution in [2.24, 2.45) is 13.0 Å². The Balaban J connectivity index is 0.000000177. The predicted molar refractivity (Wildman–Crippen MR) is 175 cm³/mol. The molecule has 0 spiro atoms. The zero-order valence-electron chi connectivity index (χ0n) is 26.2. The van der Waals surface area contributed by atoms with E-state index in [9.17, 15) is 10.1 Å². The lowest BCUT2D eigenvalue weighted by Gasteiger charge is -2.33. The van der Waals surface area contributed by atoms with E-state index in [1.807, 2.05) is 18.0 Å². The van der Waals surface area contributed by atoms with Crippen LogP contribution in [-0.4, -0.2) is 66.9 Å². The Morgan fingerprint density at radius 1 is 0.977 bits per heavy atom. The summed E-state index contributed by atoms with van der Waals surface area (Å²) in [5.41, 5.74) is 4.49. The molecule has 0 unspecified atom stereocenters. The molecule has 9 nitrogen and oxygen atoms in total. The van der Waals surface area contributed by atoms with Gasteiger partial charge in [-0.05, 0) is 67.9 Å². The van der Waals surface area contributed by atoms with Gasteiger partial charge in [0.2, 0.25) is 0 Å². The summed E-state index contributed by atoms with van der Waals surface area (Å²) in [5, 5.41) is 22.3. The van der Waals surface area contributed by atoms with Crippen molar-refractivity contribution in [2.45, 2.75) is 63.8 Å². The average molecular weight is 596 g/mol. The van der Waals surface area contributed by atoms with Crippen LogP contribution in [0.3, 0.4) is 0 Å². The second kappa shape index (κ2) is 15.2. The minimum Gasteiger partial charge on any atom is -0.385 e. The monoisotopic (exact) mass is 595 g/mol. The summed E-state index contributed by atoms with van der Waals surface area (Å²) >= 11 is 0. The van der Waals surface area contributed by atoms with E-state index in [1.165, 1.54) is 41.5 Å². The largest absolute Gasteiger partial charge is 0.385 e. The zero-order valence-corrected chi connectivity index (χ0v) is 26.2. The van der Waals surface area contributed by atoms with Gasteiger partial charge in [0.25, 0.3) is 5.56 Å². The summed E-state index contributed by atoms with van der Waals surface area (Å²) in [6.45, 7) is 6.25. The Bertz CT molecular complexity index is 1540. The molecule has 3 heterocycles. The van der Waals surface area contributed by atoms with Gasteiger partial charge in [0.05, 0.1) is 24.4 Å². The van der Waals surface area contributed by atoms with Crippen LogP contribution in [0, 0.1) is 28.6 Å². The lowest BCUT2D eigenvalue weighted by atomic mass is 9.85. The molecule has 9 heteroatoms. The highest BCUT2D eigenvalue weighted by Crippen LogP contribution is 2.32. The molecule has 0 radical (unpaired) electrons. The van der Waals surface area contributed by atoms with Crippen LogP contribution in [0.4, 0.5) is 11.4 Å². The number of pyridine rings is 2. The van der Waals surface area contributed by atoms with Gasteiger partial charge in [-0.2, -0.15) is 10.5 Å². The van der Waals surface area contributed by atoms with Crippen molar-refractivity contribution in [1.82, 2.24) is 14.5 Å². The van der Waals surface area contributed by atoms with E-state index in [0.29, 0.717) is 16.7 Å². The van der Waals surface area contributed by atoms with Gasteiger partial charge >= 0.3 is 0 Å². The minimum atomic E-state index is -0.325. The van der Waals surface area contributed by atoms with E-state index in [1.54, 1.807) is 19.2 Å². The molecular weight excluding hydrogens is 550 g/mol. The molecule has 3 aliphatic rings. The topological polar surface area (TPSA) is 110 Å². The third kappa shape index (κ3) is 7.59. The summed E-state index contributed by atoms with van der Waals surface area (Å²) < 4.78 is 6.81. The third-order valence-corrected chi connectivity index (χ3v) is 9.51. The summed E-state index contributed by atoms with van der Waals surface area (Å²) in [7, 11) is 3.55. The first-order valence-electron chi connectivity index (χ1n) is 16.2. The van der Waals surface area contributed by atoms with Crippen LogP contribution < -0.4 is 15.8 Å². The van der Waals surface area contributed by atoms with E-state index < -0.39 is 0 Å². The van der Waals surface area contributed by atoms with E-state index in [-0.39, 0.29) is 22.9 Å². The van der Waals surface area contributed by atoms with Gasteiger partial charge in [0, 0.05) is 52.0 Å². The van der Waals surface area contributed by atoms with Gasteiger partial charge in [-0.1, -0.05) is 37.8 Å². The highest BCUT2D eigenvalue weighted by atomic mass is 16.5. The molecule has 2 saturated carbocycles. The second-order valence-electron chi connectivity index (χ2n) is 12.4. The summed E-state index contributed by atoms with van der Waals surface area (Å²) in [6, 6.07) is 16.7. The van der Waals surface area contributed by atoms with E-state index in [2.05, 4.69) is 45.5 Å². The van der Waals surface area contributed by atoms with Gasteiger partial charge in [-0.15, -0.1) is 0 Å². The second-order valence-corrected chi connectivity index (χ2v) is 12.4. The molecule has 0 bridgehead atoms.